The first-order valence-corrected chi connectivity index (χ1v) is 11.2. The van der Waals surface area contributed by atoms with E-state index >= 15 is 0 Å². The molecule has 0 aliphatic carbocycles. The molecule has 1 aromatic rings. The number of piperidine rings is 1. The molecule has 0 atom stereocenters. The minimum Gasteiger partial charge on any atom is -0.379 e. The van der Waals surface area contributed by atoms with E-state index in [-0.39, 0.29) is 22.8 Å². The highest BCUT2D eigenvalue weighted by Gasteiger charge is 2.30. The van der Waals surface area contributed by atoms with Crippen LogP contribution in [0.4, 0.5) is 0 Å². The van der Waals surface area contributed by atoms with Gasteiger partial charge < -0.3 is 10.1 Å². The SMILES string of the molecule is CC(C)OCCCNC(=O)CC1CCN(S(=O)(=O)c2ccc(Cl)cc2)CC1. The summed E-state index contributed by atoms with van der Waals surface area (Å²) in [5.74, 6) is 0.243. The second kappa shape index (κ2) is 10.4. The van der Waals surface area contributed by atoms with E-state index in [1.165, 1.54) is 16.4 Å². The van der Waals surface area contributed by atoms with Gasteiger partial charge in [-0.2, -0.15) is 4.31 Å². The van der Waals surface area contributed by atoms with Crippen LogP contribution >= 0.6 is 11.6 Å². The van der Waals surface area contributed by atoms with Gasteiger partial charge in [0.25, 0.3) is 0 Å². The number of nitrogens with zero attached hydrogens (tertiary/aromatic N) is 1. The molecule has 0 unspecified atom stereocenters. The molecule has 1 heterocycles. The quantitative estimate of drug-likeness (QED) is 0.627. The number of ether oxygens (including phenoxy) is 1. The summed E-state index contributed by atoms with van der Waals surface area (Å²) in [6, 6.07) is 6.22. The van der Waals surface area contributed by atoms with Crippen LogP contribution in [0.3, 0.4) is 0 Å². The number of carbonyl (C=O) groups is 1. The third-order valence-electron chi connectivity index (χ3n) is 4.59. The number of hydrogen-bond acceptors (Lipinski definition) is 4. The van der Waals surface area contributed by atoms with Crippen LogP contribution in [0.25, 0.3) is 0 Å². The van der Waals surface area contributed by atoms with Gasteiger partial charge in [0.1, 0.15) is 0 Å². The molecule has 152 valence electrons. The minimum absolute atomic E-state index is 0.0264. The predicted octanol–water partition coefficient (Wildman–Crippen LogP) is 3.06. The standard InChI is InChI=1S/C19H29ClN2O4S/c1-15(2)26-13-3-10-21-19(23)14-16-8-11-22(12-9-16)27(24,25)18-6-4-17(20)5-7-18/h4-7,15-16H,3,8-14H2,1-2H3,(H,21,23). The van der Waals surface area contributed by atoms with E-state index in [0.717, 1.165) is 6.42 Å². The van der Waals surface area contributed by atoms with Gasteiger partial charge in [0, 0.05) is 37.7 Å². The monoisotopic (exact) mass is 416 g/mol. The van der Waals surface area contributed by atoms with Crippen LogP contribution in [0.15, 0.2) is 29.2 Å². The second-order valence-corrected chi connectivity index (χ2v) is 9.50. The Morgan fingerprint density at radius 1 is 1.26 bits per heavy atom. The lowest BCUT2D eigenvalue weighted by Gasteiger charge is -2.31. The molecule has 0 radical (unpaired) electrons. The first-order valence-electron chi connectivity index (χ1n) is 9.43. The molecule has 27 heavy (non-hydrogen) atoms. The van der Waals surface area contributed by atoms with Crippen LogP contribution < -0.4 is 5.32 Å². The zero-order chi connectivity index (χ0) is 19.9. The van der Waals surface area contributed by atoms with Gasteiger partial charge >= 0.3 is 0 Å². The summed E-state index contributed by atoms with van der Waals surface area (Å²) in [5.41, 5.74) is 0. The molecule has 2 rings (SSSR count). The van der Waals surface area contributed by atoms with E-state index in [1.54, 1.807) is 12.1 Å². The van der Waals surface area contributed by atoms with Crippen LogP contribution in [0.5, 0.6) is 0 Å². The Balaban J connectivity index is 1.73. The van der Waals surface area contributed by atoms with Gasteiger partial charge in [-0.3, -0.25) is 4.79 Å². The van der Waals surface area contributed by atoms with Crippen molar-refractivity contribution < 1.29 is 17.9 Å². The average Bonchev–Trinajstić information content (AvgIpc) is 2.62. The highest BCUT2D eigenvalue weighted by Crippen LogP contribution is 2.26. The fourth-order valence-electron chi connectivity index (χ4n) is 3.06. The fourth-order valence-corrected chi connectivity index (χ4v) is 4.66. The summed E-state index contributed by atoms with van der Waals surface area (Å²) in [4.78, 5) is 12.3. The first-order chi connectivity index (χ1) is 12.8. The Morgan fingerprint density at radius 2 is 1.89 bits per heavy atom. The molecule has 0 saturated carbocycles. The van der Waals surface area contributed by atoms with Gasteiger partial charge in [-0.25, -0.2) is 8.42 Å². The van der Waals surface area contributed by atoms with E-state index in [9.17, 15) is 13.2 Å². The van der Waals surface area contributed by atoms with Gasteiger partial charge in [-0.05, 0) is 63.3 Å². The number of carbonyl (C=O) groups excluding carboxylic acids is 1. The fraction of sp³-hybridized carbons (Fsp3) is 0.632. The summed E-state index contributed by atoms with van der Waals surface area (Å²) < 4.78 is 32.3. The van der Waals surface area contributed by atoms with Crippen molar-refractivity contribution in [3.8, 4) is 0 Å². The normalized spacial score (nSPS) is 16.6. The molecule has 0 bridgehead atoms. The van der Waals surface area contributed by atoms with Crippen molar-refractivity contribution in [2.75, 3.05) is 26.2 Å². The van der Waals surface area contributed by atoms with Crippen molar-refractivity contribution in [2.24, 2.45) is 5.92 Å². The molecular weight excluding hydrogens is 388 g/mol. The third-order valence-corrected chi connectivity index (χ3v) is 6.76. The van der Waals surface area contributed by atoms with Crippen molar-refractivity contribution in [1.29, 1.82) is 0 Å². The molecule has 1 aliphatic heterocycles. The molecule has 1 saturated heterocycles. The predicted molar refractivity (Wildman–Crippen MR) is 106 cm³/mol. The smallest absolute Gasteiger partial charge is 0.243 e. The van der Waals surface area contributed by atoms with E-state index < -0.39 is 10.0 Å². The zero-order valence-corrected chi connectivity index (χ0v) is 17.6. The molecule has 1 fully saturated rings. The van der Waals surface area contributed by atoms with Crippen molar-refractivity contribution >= 4 is 27.5 Å². The van der Waals surface area contributed by atoms with E-state index in [0.29, 0.717) is 50.5 Å². The van der Waals surface area contributed by atoms with Crippen molar-refractivity contribution in [2.45, 2.75) is 50.5 Å². The van der Waals surface area contributed by atoms with E-state index in [1.807, 2.05) is 13.8 Å². The molecule has 1 N–H and O–H groups in total. The van der Waals surface area contributed by atoms with Gasteiger partial charge in [-0.15, -0.1) is 0 Å². The largest absolute Gasteiger partial charge is 0.379 e. The number of rotatable bonds is 9. The van der Waals surface area contributed by atoms with Gasteiger partial charge in [0.2, 0.25) is 15.9 Å². The lowest BCUT2D eigenvalue weighted by atomic mass is 9.94. The summed E-state index contributed by atoms with van der Waals surface area (Å²) in [5, 5.41) is 3.42. The van der Waals surface area contributed by atoms with Crippen LogP contribution in [-0.4, -0.2) is 51.0 Å². The average molecular weight is 417 g/mol. The van der Waals surface area contributed by atoms with Crippen LogP contribution in [0.2, 0.25) is 5.02 Å². The maximum absolute atomic E-state index is 12.7. The molecule has 8 heteroatoms. The molecule has 1 amide bonds. The molecule has 6 nitrogen and oxygen atoms in total. The molecule has 1 aliphatic rings. The molecule has 0 spiro atoms. The van der Waals surface area contributed by atoms with Gasteiger partial charge in [-0.1, -0.05) is 11.6 Å². The van der Waals surface area contributed by atoms with Crippen LogP contribution in [-0.2, 0) is 19.6 Å². The maximum Gasteiger partial charge on any atom is 0.243 e. The Kier molecular flexibility index (Phi) is 8.54. The highest BCUT2D eigenvalue weighted by molar-refractivity contribution is 7.89. The number of sulfonamides is 1. The van der Waals surface area contributed by atoms with Crippen molar-refractivity contribution in [3.05, 3.63) is 29.3 Å². The second-order valence-electron chi connectivity index (χ2n) is 7.13. The number of amides is 1. The summed E-state index contributed by atoms with van der Waals surface area (Å²) in [6.07, 6.45) is 2.82. The summed E-state index contributed by atoms with van der Waals surface area (Å²) in [6.45, 7) is 6.08. The summed E-state index contributed by atoms with van der Waals surface area (Å²) in [7, 11) is -3.50. The highest BCUT2D eigenvalue weighted by atomic mass is 35.5. The number of nitrogens with one attached hydrogen (secondary N) is 1. The van der Waals surface area contributed by atoms with Crippen molar-refractivity contribution in [1.82, 2.24) is 9.62 Å². The van der Waals surface area contributed by atoms with E-state index in [4.69, 9.17) is 16.3 Å². The van der Waals surface area contributed by atoms with E-state index in [2.05, 4.69) is 5.32 Å². The Hall–Kier alpha value is -1.15. The zero-order valence-electron chi connectivity index (χ0n) is 16.0. The number of halogens is 1. The van der Waals surface area contributed by atoms with Gasteiger partial charge in [0.05, 0.1) is 11.0 Å². The first kappa shape index (κ1) is 22.1. The third kappa shape index (κ3) is 7.07. The van der Waals surface area contributed by atoms with Gasteiger partial charge in [0.15, 0.2) is 0 Å². The van der Waals surface area contributed by atoms with Crippen molar-refractivity contribution in [3.63, 3.8) is 0 Å². The maximum atomic E-state index is 12.7. The number of hydrogen-bond donors (Lipinski definition) is 1. The van der Waals surface area contributed by atoms with Crippen LogP contribution in [0.1, 0.15) is 39.5 Å². The molecule has 0 aromatic heterocycles. The lowest BCUT2D eigenvalue weighted by molar-refractivity contribution is -0.122. The number of benzene rings is 1. The summed E-state index contributed by atoms with van der Waals surface area (Å²) >= 11 is 5.83. The Bertz CT molecular complexity index is 699. The molecular formula is C19H29ClN2O4S. The molecule has 1 aromatic carbocycles. The topological polar surface area (TPSA) is 75.7 Å². The Morgan fingerprint density at radius 3 is 2.48 bits per heavy atom. The Labute approximate surface area is 167 Å². The lowest BCUT2D eigenvalue weighted by Crippen LogP contribution is -2.39. The van der Waals surface area contributed by atoms with Crippen LogP contribution in [0, 0.1) is 5.92 Å². The minimum atomic E-state index is -3.50.